The summed E-state index contributed by atoms with van der Waals surface area (Å²) in [6.07, 6.45) is 5.97. The lowest BCUT2D eigenvalue weighted by Crippen LogP contribution is -2.33. The van der Waals surface area contributed by atoms with Crippen molar-refractivity contribution in [3.05, 3.63) is 143 Å². The smallest absolute Gasteiger partial charge is 0.293 e. The molecule has 2 heterocycles. The van der Waals surface area contributed by atoms with Crippen LogP contribution >= 0.6 is 0 Å². The molecule has 2 aliphatic heterocycles. The molecule has 1 amide bonds. The van der Waals surface area contributed by atoms with Gasteiger partial charge >= 0.3 is 0 Å². The number of hydrogen-bond donors (Lipinski definition) is 1. The maximum Gasteiger partial charge on any atom is 0.293 e. The lowest BCUT2D eigenvalue weighted by Gasteiger charge is -2.30. The number of ether oxygens (including phenoxy) is 1. The molecule has 0 bridgehead atoms. The van der Waals surface area contributed by atoms with E-state index in [4.69, 9.17) is 4.74 Å². The van der Waals surface area contributed by atoms with Gasteiger partial charge < -0.3 is 15.0 Å². The summed E-state index contributed by atoms with van der Waals surface area (Å²) in [6.45, 7) is 8.70. The Morgan fingerprint density at radius 3 is 2.40 bits per heavy atom. The number of carbonyl (C=O) groups is 1. The summed E-state index contributed by atoms with van der Waals surface area (Å²) >= 11 is 0. The Morgan fingerprint density at radius 2 is 1.62 bits per heavy atom. The summed E-state index contributed by atoms with van der Waals surface area (Å²) in [6, 6.07) is 33.6. The van der Waals surface area contributed by atoms with Gasteiger partial charge in [0, 0.05) is 11.3 Å². The van der Waals surface area contributed by atoms with E-state index in [9.17, 15) is 4.79 Å². The Morgan fingerprint density at radius 1 is 0.881 bits per heavy atom. The molecule has 4 heteroatoms. The zero-order chi connectivity index (χ0) is 28.9. The van der Waals surface area contributed by atoms with E-state index in [1.54, 1.807) is 0 Å². The Hall–Kier alpha value is -4.41. The quantitative estimate of drug-likeness (QED) is 0.253. The number of carbonyl (C=O) groups excluding carboxylic acids is 1. The molecular weight excluding hydrogens is 516 g/mol. The second kappa shape index (κ2) is 12.6. The molecule has 1 N–H and O–H groups in total. The molecular formula is C38H38N2O2. The maximum absolute atomic E-state index is 14.3. The third-order valence-electron chi connectivity index (χ3n) is 8.43. The van der Waals surface area contributed by atoms with Crippen molar-refractivity contribution >= 4 is 17.4 Å². The number of anilines is 1. The van der Waals surface area contributed by atoms with Gasteiger partial charge in [0.2, 0.25) is 0 Å². The lowest BCUT2D eigenvalue weighted by molar-refractivity contribution is -0.117. The van der Waals surface area contributed by atoms with E-state index in [1.165, 1.54) is 16.7 Å². The van der Waals surface area contributed by atoms with Crippen LogP contribution in [0.3, 0.4) is 0 Å². The Bertz CT molecular complexity index is 1600. The van der Waals surface area contributed by atoms with E-state index in [2.05, 4.69) is 85.6 Å². The van der Waals surface area contributed by atoms with Crippen LogP contribution in [-0.4, -0.2) is 19.0 Å². The molecule has 212 valence electrons. The first-order valence-electron chi connectivity index (χ1n) is 15.0. The summed E-state index contributed by atoms with van der Waals surface area (Å²) in [5.41, 5.74) is 8.91. The van der Waals surface area contributed by atoms with Gasteiger partial charge in [0.25, 0.3) is 5.91 Å². The number of hydrogen-bond acceptors (Lipinski definition) is 3. The first-order valence-corrected chi connectivity index (χ1v) is 15.0. The van der Waals surface area contributed by atoms with E-state index in [-0.39, 0.29) is 11.7 Å². The fourth-order valence-electron chi connectivity index (χ4n) is 6.09. The number of piperidine rings is 1. The van der Waals surface area contributed by atoms with Crippen molar-refractivity contribution in [3.63, 3.8) is 0 Å². The van der Waals surface area contributed by atoms with E-state index in [0.29, 0.717) is 18.2 Å². The van der Waals surface area contributed by atoms with Gasteiger partial charge in [0.05, 0.1) is 6.54 Å². The van der Waals surface area contributed by atoms with Gasteiger partial charge in [-0.15, -0.1) is 0 Å². The van der Waals surface area contributed by atoms with E-state index < -0.39 is 0 Å². The van der Waals surface area contributed by atoms with Crippen LogP contribution in [0.4, 0.5) is 5.69 Å². The van der Waals surface area contributed by atoms with Crippen LogP contribution in [0.25, 0.3) is 16.9 Å². The van der Waals surface area contributed by atoms with Crippen molar-refractivity contribution in [1.82, 2.24) is 5.32 Å². The number of nitrogens with one attached hydrogen (secondary N) is 1. The molecule has 0 saturated carbocycles. The number of benzene rings is 4. The maximum atomic E-state index is 14.3. The van der Waals surface area contributed by atoms with Gasteiger partial charge in [-0.2, -0.15) is 0 Å². The number of nitrogens with zero attached hydrogens (tertiary/aromatic N) is 1. The summed E-state index contributed by atoms with van der Waals surface area (Å²) in [5, 5.41) is 3.48. The van der Waals surface area contributed by atoms with Crippen LogP contribution in [0.15, 0.2) is 115 Å². The fourth-order valence-corrected chi connectivity index (χ4v) is 6.09. The van der Waals surface area contributed by atoms with Gasteiger partial charge in [-0.05, 0) is 91.6 Å². The molecule has 4 nitrogen and oxygen atoms in total. The zero-order valence-electron chi connectivity index (χ0n) is 24.3. The van der Waals surface area contributed by atoms with Crippen LogP contribution < -0.4 is 10.2 Å². The Kier molecular flexibility index (Phi) is 8.34. The van der Waals surface area contributed by atoms with Gasteiger partial charge in [0.1, 0.15) is 5.76 Å². The van der Waals surface area contributed by atoms with Gasteiger partial charge in [-0.3, -0.25) is 4.79 Å². The van der Waals surface area contributed by atoms with Crippen LogP contribution in [0.5, 0.6) is 0 Å². The highest BCUT2D eigenvalue weighted by molar-refractivity contribution is 6.05. The highest BCUT2D eigenvalue weighted by Crippen LogP contribution is 2.35. The summed E-state index contributed by atoms with van der Waals surface area (Å²) in [5.74, 6) is 1.10. The van der Waals surface area contributed by atoms with Gasteiger partial charge in [0.15, 0.2) is 5.76 Å². The monoisotopic (exact) mass is 554 g/mol. The Balaban J connectivity index is 1.42. The summed E-state index contributed by atoms with van der Waals surface area (Å²) in [7, 11) is 0. The highest BCUT2D eigenvalue weighted by Gasteiger charge is 2.27. The molecule has 0 aromatic heterocycles. The SMILES string of the molecule is C=C1O/C(c2ccc(C)cc2)=C\CCc2cc(C3CCNCC3)ccc2N(Cc2ccccc2-c2ccccc2)C1=O. The van der Waals surface area contributed by atoms with Crippen molar-refractivity contribution in [2.45, 2.75) is 45.1 Å². The topological polar surface area (TPSA) is 41.6 Å². The molecule has 4 aromatic rings. The van der Waals surface area contributed by atoms with E-state index in [1.807, 2.05) is 41.3 Å². The largest absolute Gasteiger partial charge is 0.452 e. The minimum absolute atomic E-state index is 0.120. The molecule has 0 spiro atoms. The summed E-state index contributed by atoms with van der Waals surface area (Å²) < 4.78 is 6.25. The first kappa shape index (κ1) is 27.7. The third kappa shape index (κ3) is 6.09. The molecule has 6 rings (SSSR count). The Labute approximate surface area is 249 Å². The predicted octanol–water partition coefficient (Wildman–Crippen LogP) is 8.18. The number of rotatable bonds is 5. The highest BCUT2D eigenvalue weighted by atomic mass is 16.5. The molecule has 42 heavy (non-hydrogen) atoms. The van der Waals surface area contributed by atoms with Crippen molar-refractivity contribution < 1.29 is 9.53 Å². The predicted molar refractivity (Wildman–Crippen MR) is 172 cm³/mol. The third-order valence-corrected chi connectivity index (χ3v) is 8.43. The molecule has 0 radical (unpaired) electrons. The van der Waals surface area contributed by atoms with Crippen molar-refractivity contribution in [2.24, 2.45) is 0 Å². The number of allylic oxidation sites excluding steroid dienone is 1. The number of fused-ring (bicyclic) bond motifs is 1. The molecule has 2 aliphatic rings. The minimum atomic E-state index is -0.228. The second-order valence-corrected chi connectivity index (χ2v) is 11.3. The molecule has 4 aromatic carbocycles. The van der Waals surface area contributed by atoms with Crippen LogP contribution in [0.2, 0.25) is 0 Å². The lowest BCUT2D eigenvalue weighted by atomic mass is 9.88. The molecule has 0 aliphatic carbocycles. The van der Waals surface area contributed by atoms with Crippen molar-refractivity contribution in [3.8, 4) is 11.1 Å². The normalized spacial score (nSPS) is 17.6. The van der Waals surface area contributed by atoms with Crippen LogP contribution in [0.1, 0.15) is 53.0 Å². The van der Waals surface area contributed by atoms with Crippen LogP contribution in [0, 0.1) is 6.92 Å². The van der Waals surface area contributed by atoms with Crippen LogP contribution in [-0.2, 0) is 22.5 Å². The standard InChI is InChI=1S/C38H38N2O2/c1-27-15-17-31(18-16-27)37-14-8-12-33-25-32(29-21-23-39-24-22-29)19-20-36(33)40(38(41)28(2)42-37)26-34-11-6-7-13-35(34)30-9-4-3-5-10-30/h3-7,9-11,13-20,25,29,39H,2,8,12,21-24,26H2,1H3/b37-14-. The zero-order valence-corrected chi connectivity index (χ0v) is 24.3. The molecule has 0 atom stereocenters. The van der Waals surface area contributed by atoms with Crippen molar-refractivity contribution in [2.75, 3.05) is 18.0 Å². The first-order chi connectivity index (χ1) is 20.6. The number of amides is 1. The van der Waals surface area contributed by atoms with Gasteiger partial charge in [-0.1, -0.05) is 103 Å². The van der Waals surface area contributed by atoms with E-state index in [0.717, 1.165) is 66.7 Å². The average Bonchev–Trinajstić information content (AvgIpc) is 3.04. The van der Waals surface area contributed by atoms with E-state index >= 15 is 0 Å². The van der Waals surface area contributed by atoms with Gasteiger partial charge in [-0.25, -0.2) is 0 Å². The summed E-state index contributed by atoms with van der Waals surface area (Å²) in [4.78, 5) is 16.1. The van der Waals surface area contributed by atoms with Crippen molar-refractivity contribution in [1.29, 1.82) is 0 Å². The molecule has 1 fully saturated rings. The minimum Gasteiger partial charge on any atom is -0.452 e. The molecule has 1 saturated heterocycles. The second-order valence-electron chi connectivity index (χ2n) is 11.3. The average molecular weight is 555 g/mol. The molecule has 0 unspecified atom stereocenters. The number of aryl methyl sites for hydroxylation is 2. The fraction of sp³-hybridized carbons (Fsp3) is 0.237.